The van der Waals surface area contributed by atoms with Crippen molar-refractivity contribution in [2.24, 2.45) is 5.73 Å². The van der Waals surface area contributed by atoms with Crippen LogP contribution in [0.15, 0.2) is 24.8 Å². The van der Waals surface area contributed by atoms with Crippen molar-refractivity contribution < 1.29 is 27.1 Å². The highest BCUT2D eigenvalue weighted by Crippen LogP contribution is 2.40. The van der Waals surface area contributed by atoms with Crippen molar-refractivity contribution in [2.45, 2.75) is 37.7 Å². The number of nitrogens with zero attached hydrogens (tertiary/aromatic N) is 6. The summed E-state index contributed by atoms with van der Waals surface area (Å²) in [5, 5.41) is 0. The van der Waals surface area contributed by atoms with Gasteiger partial charge in [-0.15, -0.1) is 0 Å². The van der Waals surface area contributed by atoms with Gasteiger partial charge in [-0.25, -0.2) is 19.3 Å². The van der Waals surface area contributed by atoms with Crippen LogP contribution in [0.4, 0.5) is 29.1 Å². The number of amides is 1. The van der Waals surface area contributed by atoms with Gasteiger partial charge in [-0.3, -0.25) is 4.79 Å². The molecule has 2 aromatic heterocycles. The number of benzene rings is 1. The van der Waals surface area contributed by atoms with E-state index in [0.717, 1.165) is 6.07 Å². The Bertz CT molecular complexity index is 1350. The first-order chi connectivity index (χ1) is 17.5. The van der Waals surface area contributed by atoms with Gasteiger partial charge >= 0.3 is 6.18 Å². The molecule has 0 saturated carbocycles. The Labute approximate surface area is 209 Å². The number of alkyl halides is 3. The maximum atomic E-state index is 14.7. The summed E-state index contributed by atoms with van der Waals surface area (Å²) >= 11 is 0. The number of ether oxygens (including phenoxy) is 1. The highest BCUT2D eigenvalue weighted by atomic mass is 19.4. The summed E-state index contributed by atoms with van der Waals surface area (Å²) in [6, 6.07) is 2.07. The highest BCUT2D eigenvalue weighted by molar-refractivity contribution is 5.88. The first kappa shape index (κ1) is 25.1. The number of hydrogen-bond acceptors (Lipinski definition) is 8. The van der Waals surface area contributed by atoms with Crippen molar-refractivity contribution in [2.75, 3.05) is 43.4 Å². The molecule has 1 aromatic carbocycles. The van der Waals surface area contributed by atoms with E-state index in [1.807, 2.05) is 6.92 Å². The Morgan fingerprint density at radius 1 is 1.24 bits per heavy atom. The number of carbonyl (C=O) groups excluding carboxylic acids is 1. The van der Waals surface area contributed by atoms with Crippen molar-refractivity contribution in [3.05, 3.63) is 41.7 Å². The average Bonchev–Trinajstić information content (AvgIpc) is 3.43. The molecule has 4 N–H and O–H groups in total. The molecule has 2 unspecified atom stereocenters. The topological polar surface area (TPSA) is 128 Å². The molecule has 2 atom stereocenters. The predicted octanol–water partition coefficient (Wildman–Crippen LogP) is 1.77. The molecule has 10 nitrogen and oxygen atoms in total. The van der Waals surface area contributed by atoms with Crippen molar-refractivity contribution >= 4 is 28.6 Å². The van der Waals surface area contributed by atoms with Crippen LogP contribution in [-0.2, 0) is 22.3 Å². The van der Waals surface area contributed by atoms with Gasteiger partial charge in [0.05, 0.1) is 31.1 Å². The van der Waals surface area contributed by atoms with Crippen LogP contribution in [-0.4, -0.2) is 74.8 Å². The van der Waals surface area contributed by atoms with Gasteiger partial charge in [0.15, 0.2) is 11.5 Å². The summed E-state index contributed by atoms with van der Waals surface area (Å²) in [4.78, 5) is 28.5. The van der Waals surface area contributed by atoms with Crippen molar-refractivity contribution in [1.82, 2.24) is 24.4 Å². The van der Waals surface area contributed by atoms with E-state index in [4.69, 9.17) is 16.2 Å². The van der Waals surface area contributed by atoms with Crippen LogP contribution in [0, 0.1) is 5.82 Å². The fourth-order valence-corrected chi connectivity index (χ4v) is 5.09. The molecule has 5 rings (SSSR count). The number of anilines is 2. The van der Waals surface area contributed by atoms with Gasteiger partial charge in [-0.2, -0.15) is 13.2 Å². The van der Waals surface area contributed by atoms with E-state index in [1.54, 1.807) is 9.80 Å². The third kappa shape index (κ3) is 4.55. The van der Waals surface area contributed by atoms with Gasteiger partial charge < -0.3 is 30.6 Å². The van der Waals surface area contributed by atoms with Crippen LogP contribution in [0.1, 0.15) is 24.5 Å². The second-order valence-electron chi connectivity index (χ2n) is 9.48. The minimum Gasteiger partial charge on any atom is -0.382 e. The summed E-state index contributed by atoms with van der Waals surface area (Å²) in [5.41, 5.74) is 9.89. The third-order valence-corrected chi connectivity index (χ3v) is 6.87. The Hall–Kier alpha value is -3.52. The van der Waals surface area contributed by atoms with Gasteiger partial charge in [0, 0.05) is 37.4 Å². The Morgan fingerprint density at radius 3 is 2.76 bits per heavy atom. The summed E-state index contributed by atoms with van der Waals surface area (Å²) in [7, 11) is 0. The normalized spacial score (nSPS) is 22.7. The fraction of sp³-hybridized carbons (Fsp3) is 0.478. The summed E-state index contributed by atoms with van der Waals surface area (Å²) < 4.78 is 63.9. The standard InChI is InChI=1S/C23H26F4N8O2/c1-13-8-33(6-7-37-13)21(36)22(29)4-5-34(10-22)16-3-2-15(24)17(23(25,26)27)14(16)9-35-12-32-18-19(28)30-11-31-20(18)35/h2-3,11-13H,4-10,29H2,1H3,(H2,28,30,31). The maximum Gasteiger partial charge on any atom is 0.419 e. The van der Waals surface area contributed by atoms with E-state index in [9.17, 15) is 22.4 Å². The largest absolute Gasteiger partial charge is 0.419 e. The van der Waals surface area contributed by atoms with Gasteiger partial charge in [0.25, 0.3) is 0 Å². The molecule has 37 heavy (non-hydrogen) atoms. The van der Waals surface area contributed by atoms with Crippen molar-refractivity contribution in [3.8, 4) is 0 Å². The number of morpholine rings is 1. The van der Waals surface area contributed by atoms with Gasteiger partial charge in [0.2, 0.25) is 5.91 Å². The van der Waals surface area contributed by atoms with E-state index in [-0.39, 0.29) is 59.8 Å². The number of halogens is 4. The van der Waals surface area contributed by atoms with E-state index in [0.29, 0.717) is 19.7 Å². The van der Waals surface area contributed by atoms with Gasteiger partial charge in [-0.1, -0.05) is 0 Å². The molecule has 2 fully saturated rings. The first-order valence-electron chi connectivity index (χ1n) is 11.7. The zero-order chi connectivity index (χ0) is 26.5. The number of imidazole rings is 1. The van der Waals surface area contributed by atoms with E-state index in [1.165, 1.54) is 23.3 Å². The quantitative estimate of drug-likeness (QED) is 0.497. The van der Waals surface area contributed by atoms with Gasteiger partial charge in [0.1, 0.15) is 23.2 Å². The minimum absolute atomic E-state index is 0.0205. The van der Waals surface area contributed by atoms with Crippen LogP contribution < -0.4 is 16.4 Å². The zero-order valence-electron chi connectivity index (χ0n) is 20.0. The Morgan fingerprint density at radius 2 is 2.03 bits per heavy atom. The lowest BCUT2D eigenvalue weighted by molar-refractivity contribution is -0.143. The monoisotopic (exact) mass is 522 g/mol. The van der Waals surface area contributed by atoms with Crippen LogP contribution in [0.25, 0.3) is 11.2 Å². The zero-order valence-corrected chi connectivity index (χ0v) is 20.0. The molecule has 0 bridgehead atoms. The highest BCUT2D eigenvalue weighted by Gasteiger charge is 2.46. The molecule has 14 heteroatoms. The molecule has 0 radical (unpaired) electrons. The number of nitrogens with two attached hydrogens (primary N) is 2. The second-order valence-corrected chi connectivity index (χ2v) is 9.48. The molecular formula is C23H26F4N8O2. The lowest BCUT2D eigenvalue weighted by atomic mass is 9.97. The number of hydrogen-bond donors (Lipinski definition) is 2. The molecule has 198 valence electrons. The molecule has 3 aromatic rings. The smallest absolute Gasteiger partial charge is 0.382 e. The molecule has 1 amide bonds. The molecule has 0 spiro atoms. The molecule has 2 saturated heterocycles. The molecule has 2 aliphatic heterocycles. The summed E-state index contributed by atoms with van der Waals surface area (Å²) in [6.07, 6.45) is -2.43. The maximum absolute atomic E-state index is 14.7. The van der Waals surface area contributed by atoms with Crippen molar-refractivity contribution in [3.63, 3.8) is 0 Å². The van der Waals surface area contributed by atoms with Crippen LogP contribution in [0.5, 0.6) is 0 Å². The van der Waals surface area contributed by atoms with E-state index in [2.05, 4.69) is 15.0 Å². The van der Waals surface area contributed by atoms with Crippen LogP contribution >= 0.6 is 0 Å². The minimum atomic E-state index is -4.97. The second kappa shape index (κ2) is 9.10. The molecule has 2 aliphatic rings. The van der Waals surface area contributed by atoms with Gasteiger partial charge in [-0.05, 0) is 25.5 Å². The van der Waals surface area contributed by atoms with E-state index < -0.39 is 29.6 Å². The summed E-state index contributed by atoms with van der Waals surface area (Å²) in [6.45, 7) is 2.82. The number of carbonyl (C=O) groups is 1. The number of aromatic nitrogens is 4. The molecule has 0 aliphatic carbocycles. The van der Waals surface area contributed by atoms with Crippen LogP contribution in [0.2, 0.25) is 0 Å². The van der Waals surface area contributed by atoms with Crippen LogP contribution in [0.3, 0.4) is 0 Å². The first-order valence-corrected chi connectivity index (χ1v) is 11.7. The lowest BCUT2D eigenvalue weighted by Crippen LogP contribution is -2.59. The molecule has 4 heterocycles. The predicted molar refractivity (Wildman–Crippen MR) is 126 cm³/mol. The SMILES string of the molecule is CC1CN(C(=O)C2(N)CCN(c3ccc(F)c(C(F)(F)F)c3Cn3cnc4c(N)ncnc43)C2)CCO1. The van der Waals surface area contributed by atoms with Crippen molar-refractivity contribution in [1.29, 1.82) is 0 Å². The third-order valence-electron chi connectivity index (χ3n) is 6.87. The number of nitrogen functional groups attached to an aromatic ring is 1. The summed E-state index contributed by atoms with van der Waals surface area (Å²) in [5.74, 6) is -1.61. The number of rotatable bonds is 4. The number of fused-ring (bicyclic) bond motifs is 1. The fourth-order valence-electron chi connectivity index (χ4n) is 5.09. The van der Waals surface area contributed by atoms with E-state index >= 15 is 0 Å². The lowest BCUT2D eigenvalue weighted by Gasteiger charge is -2.36. The Kier molecular flexibility index (Phi) is 6.18. The Balaban J connectivity index is 1.52. The molecular weight excluding hydrogens is 496 g/mol. The average molecular weight is 523 g/mol.